The van der Waals surface area contributed by atoms with Crippen LogP contribution in [0.3, 0.4) is 0 Å². The van der Waals surface area contributed by atoms with E-state index in [0.29, 0.717) is 11.1 Å². The molecule has 28 heavy (non-hydrogen) atoms. The zero-order chi connectivity index (χ0) is 20.3. The average molecular weight is 446 g/mol. The van der Waals surface area contributed by atoms with E-state index in [1.807, 2.05) is 18.2 Å². The standard InChI is InChI=1S/C20H16BrNO6/c1-11(23)27-18-16(25-2)9-12(10-17(18)26-3)8-15-20(24)28-19(22-15)13-6-4-5-7-14(13)21/h4-10H,1-3H3/b15-8+. The molecule has 0 aliphatic carbocycles. The minimum Gasteiger partial charge on any atom is -0.493 e. The molecule has 0 N–H and O–H groups in total. The Kier molecular flexibility index (Phi) is 5.79. The van der Waals surface area contributed by atoms with Gasteiger partial charge in [0.2, 0.25) is 11.6 Å². The number of cyclic esters (lactones) is 1. The number of halogens is 1. The van der Waals surface area contributed by atoms with Gasteiger partial charge in [0.25, 0.3) is 0 Å². The van der Waals surface area contributed by atoms with Gasteiger partial charge in [0.15, 0.2) is 17.2 Å². The second-order valence-electron chi connectivity index (χ2n) is 5.66. The summed E-state index contributed by atoms with van der Waals surface area (Å²) in [7, 11) is 2.87. The van der Waals surface area contributed by atoms with Crippen LogP contribution in [0.15, 0.2) is 51.6 Å². The Morgan fingerprint density at radius 1 is 1.14 bits per heavy atom. The molecular formula is C20H16BrNO6. The molecule has 8 heteroatoms. The largest absolute Gasteiger partial charge is 0.493 e. The van der Waals surface area contributed by atoms with E-state index in [-0.39, 0.29) is 28.8 Å². The molecule has 0 amide bonds. The molecule has 0 aromatic heterocycles. The topological polar surface area (TPSA) is 83.4 Å². The molecule has 0 atom stereocenters. The molecule has 7 nitrogen and oxygen atoms in total. The molecule has 0 radical (unpaired) electrons. The van der Waals surface area contributed by atoms with Gasteiger partial charge in [-0.2, -0.15) is 0 Å². The molecule has 0 unspecified atom stereocenters. The summed E-state index contributed by atoms with van der Waals surface area (Å²) in [5.41, 5.74) is 1.35. The van der Waals surface area contributed by atoms with Crippen molar-refractivity contribution in [1.29, 1.82) is 0 Å². The molecule has 1 heterocycles. The highest BCUT2D eigenvalue weighted by molar-refractivity contribution is 9.10. The molecule has 2 aromatic carbocycles. The van der Waals surface area contributed by atoms with E-state index < -0.39 is 11.9 Å². The number of hydrogen-bond donors (Lipinski definition) is 0. The quantitative estimate of drug-likeness (QED) is 0.396. The Morgan fingerprint density at radius 2 is 1.79 bits per heavy atom. The molecule has 0 fully saturated rings. The van der Waals surface area contributed by atoms with Crippen LogP contribution in [0.4, 0.5) is 0 Å². The highest BCUT2D eigenvalue weighted by atomic mass is 79.9. The van der Waals surface area contributed by atoms with Crippen LogP contribution in [0, 0.1) is 0 Å². The predicted molar refractivity (Wildman–Crippen MR) is 106 cm³/mol. The van der Waals surface area contributed by atoms with E-state index in [4.69, 9.17) is 18.9 Å². The van der Waals surface area contributed by atoms with Crippen molar-refractivity contribution in [2.75, 3.05) is 14.2 Å². The third kappa shape index (κ3) is 4.07. The fourth-order valence-electron chi connectivity index (χ4n) is 2.54. The van der Waals surface area contributed by atoms with Gasteiger partial charge in [-0.05, 0) is 51.8 Å². The normalized spacial score (nSPS) is 14.5. The van der Waals surface area contributed by atoms with Crippen molar-refractivity contribution in [2.45, 2.75) is 6.92 Å². The van der Waals surface area contributed by atoms with Gasteiger partial charge in [-0.1, -0.05) is 12.1 Å². The number of aliphatic imine (C=N–C) groups is 1. The first-order valence-corrected chi connectivity index (χ1v) is 8.94. The van der Waals surface area contributed by atoms with E-state index in [9.17, 15) is 9.59 Å². The van der Waals surface area contributed by atoms with Crippen LogP contribution in [-0.2, 0) is 14.3 Å². The zero-order valence-corrected chi connectivity index (χ0v) is 16.9. The maximum atomic E-state index is 12.2. The Morgan fingerprint density at radius 3 is 2.36 bits per heavy atom. The van der Waals surface area contributed by atoms with Crippen LogP contribution in [0.25, 0.3) is 6.08 Å². The molecule has 0 bridgehead atoms. The number of carbonyl (C=O) groups is 2. The second kappa shape index (κ2) is 8.26. The van der Waals surface area contributed by atoms with Crippen LogP contribution < -0.4 is 14.2 Å². The molecule has 1 aliphatic heterocycles. The van der Waals surface area contributed by atoms with Crippen molar-refractivity contribution >= 4 is 39.8 Å². The maximum Gasteiger partial charge on any atom is 0.363 e. The number of benzene rings is 2. The number of nitrogens with zero attached hydrogens (tertiary/aromatic N) is 1. The van der Waals surface area contributed by atoms with Crippen molar-refractivity contribution in [2.24, 2.45) is 4.99 Å². The lowest BCUT2D eigenvalue weighted by Gasteiger charge is -2.13. The minimum absolute atomic E-state index is 0.120. The van der Waals surface area contributed by atoms with Gasteiger partial charge in [0, 0.05) is 11.4 Å². The molecule has 0 spiro atoms. The Labute approximate surface area is 169 Å². The van der Waals surface area contributed by atoms with Crippen molar-refractivity contribution in [3.63, 3.8) is 0 Å². The number of carbonyl (C=O) groups excluding carboxylic acids is 2. The van der Waals surface area contributed by atoms with Crippen molar-refractivity contribution in [1.82, 2.24) is 0 Å². The first kappa shape index (κ1) is 19.6. The first-order chi connectivity index (χ1) is 13.4. The SMILES string of the molecule is COc1cc(/C=C2/N=C(c3ccccc3Br)OC2=O)cc(OC)c1OC(C)=O. The molecule has 3 rings (SSSR count). The van der Waals surface area contributed by atoms with Crippen LogP contribution in [0.2, 0.25) is 0 Å². The van der Waals surface area contributed by atoms with E-state index in [2.05, 4.69) is 20.9 Å². The molecule has 144 valence electrons. The first-order valence-electron chi connectivity index (χ1n) is 8.15. The van der Waals surface area contributed by atoms with Crippen molar-refractivity contribution in [3.8, 4) is 17.2 Å². The van der Waals surface area contributed by atoms with Crippen LogP contribution in [-0.4, -0.2) is 32.1 Å². The van der Waals surface area contributed by atoms with Crippen LogP contribution in [0.5, 0.6) is 17.2 Å². The molecule has 2 aromatic rings. The van der Waals surface area contributed by atoms with Gasteiger partial charge in [0.1, 0.15) is 0 Å². The second-order valence-corrected chi connectivity index (χ2v) is 6.52. The number of esters is 2. The lowest BCUT2D eigenvalue weighted by molar-refractivity contribution is -0.132. The summed E-state index contributed by atoms with van der Waals surface area (Å²) in [6.07, 6.45) is 1.54. The van der Waals surface area contributed by atoms with Gasteiger partial charge in [-0.3, -0.25) is 4.79 Å². The van der Waals surface area contributed by atoms with Gasteiger partial charge in [-0.25, -0.2) is 9.79 Å². The summed E-state index contributed by atoms with van der Waals surface area (Å²) >= 11 is 3.41. The van der Waals surface area contributed by atoms with E-state index >= 15 is 0 Å². The fourth-order valence-corrected chi connectivity index (χ4v) is 3.00. The lowest BCUT2D eigenvalue weighted by Crippen LogP contribution is -2.06. The smallest absolute Gasteiger partial charge is 0.363 e. The van der Waals surface area contributed by atoms with Crippen LogP contribution >= 0.6 is 15.9 Å². The maximum absolute atomic E-state index is 12.2. The summed E-state index contributed by atoms with van der Waals surface area (Å²) in [6, 6.07) is 10.5. The highest BCUT2D eigenvalue weighted by Crippen LogP contribution is 2.39. The Hall–Kier alpha value is -3.13. The van der Waals surface area contributed by atoms with Crippen molar-refractivity contribution in [3.05, 3.63) is 57.7 Å². The Balaban J connectivity index is 2.02. The van der Waals surface area contributed by atoms with Crippen LogP contribution in [0.1, 0.15) is 18.1 Å². The summed E-state index contributed by atoms with van der Waals surface area (Å²) in [5.74, 6) is -0.159. The summed E-state index contributed by atoms with van der Waals surface area (Å²) in [6.45, 7) is 1.28. The van der Waals surface area contributed by atoms with E-state index in [1.54, 1.807) is 18.2 Å². The van der Waals surface area contributed by atoms with E-state index in [1.165, 1.54) is 27.2 Å². The number of hydrogen-bond acceptors (Lipinski definition) is 7. The van der Waals surface area contributed by atoms with Crippen molar-refractivity contribution < 1.29 is 28.5 Å². The lowest BCUT2D eigenvalue weighted by atomic mass is 10.1. The number of methoxy groups -OCH3 is 2. The highest BCUT2D eigenvalue weighted by Gasteiger charge is 2.26. The van der Waals surface area contributed by atoms with Gasteiger partial charge in [0.05, 0.1) is 19.8 Å². The monoisotopic (exact) mass is 445 g/mol. The zero-order valence-electron chi connectivity index (χ0n) is 15.3. The molecular weight excluding hydrogens is 430 g/mol. The third-order valence-electron chi connectivity index (χ3n) is 3.76. The van der Waals surface area contributed by atoms with Gasteiger partial charge in [-0.15, -0.1) is 0 Å². The average Bonchev–Trinajstić information content (AvgIpc) is 3.02. The predicted octanol–water partition coefficient (Wildman–Crippen LogP) is 3.74. The number of rotatable bonds is 5. The molecule has 0 saturated carbocycles. The third-order valence-corrected chi connectivity index (χ3v) is 4.45. The minimum atomic E-state index is -0.576. The fraction of sp³-hybridized carbons (Fsp3) is 0.150. The summed E-state index contributed by atoms with van der Waals surface area (Å²) in [5, 5.41) is 0. The van der Waals surface area contributed by atoms with E-state index in [0.717, 1.165) is 4.47 Å². The summed E-state index contributed by atoms with van der Waals surface area (Å²) in [4.78, 5) is 27.9. The van der Waals surface area contributed by atoms with Gasteiger partial charge >= 0.3 is 11.9 Å². The molecule has 1 aliphatic rings. The Bertz CT molecular complexity index is 987. The number of ether oxygens (including phenoxy) is 4. The molecule has 0 saturated heterocycles. The van der Waals surface area contributed by atoms with Gasteiger partial charge < -0.3 is 18.9 Å². The summed E-state index contributed by atoms with van der Waals surface area (Å²) < 4.78 is 21.8.